The maximum Gasteiger partial charge on any atom is 0.389 e. The number of aromatic nitrogens is 2. The highest BCUT2D eigenvalue weighted by molar-refractivity contribution is 7.16. The van der Waals surface area contributed by atoms with Gasteiger partial charge in [-0.15, -0.1) is 11.3 Å². The Balaban J connectivity index is 2.21. The Hall–Kier alpha value is -1.57. The fourth-order valence-electron chi connectivity index (χ4n) is 1.63. The van der Waals surface area contributed by atoms with Gasteiger partial charge in [0.15, 0.2) is 5.82 Å². The molecule has 0 amide bonds. The maximum absolute atomic E-state index is 12.1. The van der Waals surface area contributed by atoms with Gasteiger partial charge >= 0.3 is 6.18 Å². The second-order valence-electron chi connectivity index (χ2n) is 4.15. The smallest absolute Gasteiger partial charge is 0.389 e. The summed E-state index contributed by atoms with van der Waals surface area (Å²) in [5.74, 6) is 0.214. The second kappa shape index (κ2) is 4.84. The average Bonchev–Trinajstić information content (AvgIpc) is 2.82. The zero-order chi connectivity index (χ0) is 14.2. The monoisotopic (exact) mass is 291 g/mol. The van der Waals surface area contributed by atoms with Gasteiger partial charge < -0.3 is 10.3 Å². The molecule has 8 heteroatoms. The minimum absolute atomic E-state index is 0.0370. The first kappa shape index (κ1) is 13.9. The van der Waals surface area contributed by atoms with E-state index in [-0.39, 0.29) is 18.1 Å². The molecule has 0 aliphatic rings. The number of nitrogens with zero attached hydrogens (tertiary/aromatic N) is 2. The van der Waals surface area contributed by atoms with Crippen LogP contribution < -0.4 is 5.73 Å². The van der Waals surface area contributed by atoms with Crippen molar-refractivity contribution in [3.63, 3.8) is 0 Å². The quantitative estimate of drug-likeness (QED) is 0.940. The maximum atomic E-state index is 12.1. The van der Waals surface area contributed by atoms with E-state index in [0.29, 0.717) is 10.6 Å². The van der Waals surface area contributed by atoms with Gasteiger partial charge in [-0.05, 0) is 19.4 Å². The molecule has 0 saturated carbocycles. The van der Waals surface area contributed by atoms with E-state index in [9.17, 15) is 13.2 Å². The normalized spacial score (nSPS) is 12.1. The molecule has 19 heavy (non-hydrogen) atoms. The van der Waals surface area contributed by atoms with Gasteiger partial charge in [0, 0.05) is 11.3 Å². The lowest BCUT2D eigenvalue weighted by atomic mass is 10.1. The number of thiophene rings is 1. The van der Waals surface area contributed by atoms with Crippen LogP contribution in [0.5, 0.6) is 0 Å². The van der Waals surface area contributed by atoms with E-state index in [2.05, 4.69) is 10.1 Å². The third-order valence-corrected chi connectivity index (χ3v) is 3.76. The van der Waals surface area contributed by atoms with Gasteiger partial charge in [0.25, 0.3) is 5.89 Å². The molecule has 0 saturated heterocycles. The molecule has 0 radical (unpaired) electrons. The minimum Gasteiger partial charge on any atom is -0.390 e. The Bertz CT molecular complexity index is 589. The lowest BCUT2D eigenvalue weighted by Gasteiger charge is -2.01. The van der Waals surface area contributed by atoms with Crippen molar-refractivity contribution in [2.75, 3.05) is 5.73 Å². The SMILES string of the molecule is Cc1sc(N)c(-c2nc(CCC(F)(F)F)no2)c1C. The van der Waals surface area contributed by atoms with Crippen LogP contribution in [-0.2, 0) is 6.42 Å². The Morgan fingerprint density at radius 2 is 2.00 bits per heavy atom. The first-order valence-corrected chi connectivity index (χ1v) is 6.34. The molecular formula is C11H12F3N3OS. The number of aryl methyl sites for hydroxylation is 2. The summed E-state index contributed by atoms with van der Waals surface area (Å²) < 4.78 is 41.3. The van der Waals surface area contributed by atoms with E-state index in [1.807, 2.05) is 13.8 Å². The van der Waals surface area contributed by atoms with E-state index in [1.165, 1.54) is 11.3 Å². The molecule has 0 atom stereocenters. The summed E-state index contributed by atoms with van der Waals surface area (Å²) in [6, 6.07) is 0. The summed E-state index contributed by atoms with van der Waals surface area (Å²) in [6.07, 6.45) is -5.49. The predicted molar refractivity (Wildman–Crippen MR) is 65.9 cm³/mol. The van der Waals surface area contributed by atoms with E-state index in [1.54, 1.807) is 0 Å². The number of hydrogen-bond donors (Lipinski definition) is 1. The van der Waals surface area contributed by atoms with Gasteiger partial charge in [-0.3, -0.25) is 0 Å². The lowest BCUT2D eigenvalue weighted by Crippen LogP contribution is -2.09. The topological polar surface area (TPSA) is 64.9 Å². The van der Waals surface area contributed by atoms with Gasteiger partial charge in [-0.1, -0.05) is 5.16 Å². The van der Waals surface area contributed by atoms with Gasteiger partial charge in [0.05, 0.1) is 17.0 Å². The number of anilines is 1. The van der Waals surface area contributed by atoms with Crippen LogP contribution in [0.3, 0.4) is 0 Å². The minimum atomic E-state index is -4.23. The Labute approximate surface area is 111 Å². The average molecular weight is 291 g/mol. The predicted octanol–water partition coefficient (Wildman–Crippen LogP) is 3.49. The molecule has 2 rings (SSSR count). The van der Waals surface area contributed by atoms with Crippen molar-refractivity contribution in [1.82, 2.24) is 10.1 Å². The van der Waals surface area contributed by atoms with E-state index < -0.39 is 12.6 Å². The molecule has 0 fully saturated rings. The highest BCUT2D eigenvalue weighted by Gasteiger charge is 2.28. The third-order valence-electron chi connectivity index (χ3n) is 2.73. The van der Waals surface area contributed by atoms with Gasteiger partial charge in [-0.2, -0.15) is 18.2 Å². The molecule has 2 heterocycles. The Morgan fingerprint density at radius 1 is 1.32 bits per heavy atom. The highest BCUT2D eigenvalue weighted by Crippen LogP contribution is 2.37. The summed E-state index contributed by atoms with van der Waals surface area (Å²) in [7, 11) is 0. The molecule has 0 aromatic carbocycles. The number of rotatable bonds is 3. The molecule has 2 N–H and O–H groups in total. The van der Waals surface area contributed by atoms with Crippen molar-refractivity contribution in [2.24, 2.45) is 0 Å². The van der Waals surface area contributed by atoms with Crippen molar-refractivity contribution in [3.05, 3.63) is 16.3 Å². The largest absolute Gasteiger partial charge is 0.390 e. The fraction of sp³-hybridized carbons (Fsp3) is 0.455. The van der Waals surface area contributed by atoms with E-state index >= 15 is 0 Å². The fourth-order valence-corrected chi connectivity index (χ4v) is 2.56. The lowest BCUT2D eigenvalue weighted by molar-refractivity contribution is -0.134. The van der Waals surface area contributed by atoms with Crippen LogP contribution in [-0.4, -0.2) is 16.3 Å². The number of nitrogens with two attached hydrogens (primary N) is 1. The van der Waals surface area contributed by atoms with Crippen molar-refractivity contribution < 1.29 is 17.7 Å². The first-order chi connectivity index (χ1) is 8.78. The van der Waals surface area contributed by atoms with Crippen molar-refractivity contribution >= 4 is 16.3 Å². The molecule has 104 valence electrons. The van der Waals surface area contributed by atoms with Crippen molar-refractivity contribution in [1.29, 1.82) is 0 Å². The molecule has 4 nitrogen and oxygen atoms in total. The second-order valence-corrected chi connectivity index (χ2v) is 5.41. The standard InChI is InChI=1S/C11H12F3N3OS/c1-5-6(2)19-9(15)8(5)10-16-7(17-18-10)3-4-11(12,13)14/h3-4,15H2,1-2H3. The summed E-state index contributed by atoms with van der Waals surface area (Å²) >= 11 is 1.39. The van der Waals surface area contributed by atoms with Crippen LogP contribution in [0.1, 0.15) is 22.7 Å². The van der Waals surface area contributed by atoms with E-state index in [4.69, 9.17) is 10.3 Å². The third kappa shape index (κ3) is 3.06. The van der Waals surface area contributed by atoms with Crippen LogP contribution in [0, 0.1) is 13.8 Å². The Morgan fingerprint density at radius 3 is 2.53 bits per heavy atom. The van der Waals surface area contributed by atoms with E-state index in [0.717, 1.165) is 10.4 Å². The van der Waals surface area contributed by atoms with Crippen LogP contribution in [0.2, 0.25) is 0 Å². The van der Waals surface area contributed by atoms with Crippen LogP contribution in [0.25, 0.3) is 11.5 Å². The summed E-state index contributed by atoms with van der Waals surface area (Å²) in [4.78, 5) is 4.98. The molecular weight excluding hydrogens is 279 g/mol. The summed E-state index contributed by atoms with van der Waals surface area (Å²) in [5, 5.41) is 4.08. The number of halogens is 3. The molecule has 0 aliphatic heterocycles. The van der Waals surface area contributed by atoms with Crippen LogP contribution >= 0.6 is 11.3 Å². The van der Waals surface area contributed by atoms with Gasteiger partial charge in [0.2, 0.25) is 0 Å². The Kier molecular flexibility index (Phi) is 3.53. The molecule has 0 spiro atoms. The van der Waals surface area contributed by atoms with Crippen LogP contribution in [0.15, 0.2) is 4.52 Å². The number of alkyl halides is 3. The zero-order valence-electron chi connectivity index (χ0n) is 10.3. The zero-order valence-corrected chi connectivity index (χ0v) is 11.2. The molecule has 0 aliphatic carbocycles. The highest BCUT2D eigenvalue weighted by atomic mass is 32.1. The molecule has 2 aromatic rings. The van der Waals surface area contributed by atoms with Gasteiger partial charge in [-0.25, -0.2) is 0 Å². The summed E-state index contributed by atoms with van der Waals surface area (Å²) in [5.41, 5.74) is 7.37. The summed E-state index contributed by atoms with van der Waals surface area (Å²) in [6.45, 7) is 3.76. The molecule has 0 unspecified atom stereocenters. The van der Waals surface area contributed by atoms with Crippen molar-refractivity contribution in [3.8, 4) is 11.5 Å². The van der Waals surface area contributed by atoms with Gasteiger partial charge in [0.1, 0.15) is 0 Å². The van der Waals surface area contributed by atoms with Crippen LogP contribution in [0.4, 0.5) is 18.2 Å². The number of hydrogen-bond acceptors (Lipinski definition) is 5. The molecule has 0 bridgehead atoms. The first-order valence-electron chi connectivity index (χ1n) is 5.53. The molecule has 2 aromatic heterocycles. The van der Waals surface area contributed by atoms with Crippen molar-refractivity contribution in [2.45, 2.75) is 32.9 Å². The number of nitrogen functional groups attached to an aromatic ring is 1.